The van der Waals surface area contributed by atoms with Crippen LogP contribution in [0.15, 0.2) is 18.2 Å². The highest BCUT2D eigenvalue weighted by Crippen LogP contribution is 2.32. The molecule has 2 amide bonds. The van der Waals surface area contributed by atoms with Crippen LogP contribution in [-0.4, -0.2) is 33.3 Å². The van der Waals surface area contributed by atoms with Gasteiger partial charge >= 0.3 is 6.03 Å². The first-order chi connectivity index (χ1) is 10.4. The maximum Gasteiger partial charge on any atom is 0.314 e. The number of hydrogen-bond donors (Lipinski definition) is 2. The molecule has 0 unspecified atom stereocenters. The highest BCUT2D eigenvalue weighted by Gasteiger charge is 2.23. The molecule has 0 spiro atoms. The lowest BCUT2D eigenvalue weighted by Crippen LogP contribution is -2.42. The van der Waals surface area contributed by atoms with E-state index in [9.17, 15) is 4.79 Å². The summed E-state index contributed by atoms with van der Waals surface area (Å²) in [5.74, 6) is 1.40. The van der Waals surface area contributed by atoms with Crippen molar-refractivity contribution in [3.63, 3.8) is 0 Å². The Morgan fingerprint density at radius 3 is 2.41 bits per heavy atom. The third kappa shape index (κ3) is 5.13. The minimum absolute atomic E-state index is 0.123. The summed E-state index contributed by atoms with van der Waals surface area (Å²) in [6.07, 6.45) is 2.06. The van der Waals surface area contributed by atoms with E-state index in [1.165, 1.54) is 0 Å². The molecule has 0 aliphatic rings. The van der Waals surface area contributed by atoms with Crippen LogP contribution in [0, 0.1) is 0 Å². The third-order valence-electron chi connectivity index (χ3n) is 3.67. The summed E-state index contributed by atoms with van der Waals surface area (Å²) in [5, 5.41) is 5.78. The number of rotatable bonds is 8. The van der Waals surface area contributed by atoms with Crippen LogP contribution in [0.3, 0.4) is 0 Å². The zero-order valence-corrected chi connectivity index (χ0v) is 14.3. The Kier molecular flexibility index (Phi) is 7.02. The lowest BCUT2D eigenvalue weighted by molar-refractivity contribution is 0.238. The summed E-state index contributed by atoms with van der Waals surface area (Å²) in [7, 11) is 3.24. The average molecular weight is 308 g/mol. The zero-order valence-electron chi connectivity index (χ0n) is 14.3. The van der Waals surface area contributed by atoms with E-state index in [-0.39, 0.29) is 11.4 Å². The molecule has 2 N–H and O–H groups in total. The maximum atomic E-state index is 11.8. The standard InChI is InChI=1S/C17H28N2O3/c1-6-7-10-18-16(20)19-12-17(2,3)13-8-9-14(21-4)15(11-13)22-5/h8-9,11H,6-7,10,12H2,1-5H3,(H2,18,19,20). The summed E-state index contributed by atoms with van der Waals surface area (Å²) >= 11 is 0. The molecular weight excluding hydrogens is 280 g/mol. The number of ether oxygens (including phenoxy) is 2. The largest absolute Gasteiger partial charge is 0.493 e. The van der Waals surface area contributed by atoms with Crippen LogP contribution in [0.2, 0.25) is 0 Å². The van der Waals surface area contributed by atoms with Crippen molar-refractivity contribution >= 4 is 6.03 Å². The molecule has 0 bridgehead atoms. The second-order valence-corrected chi connectivity index (χ2v) is 5.92. The van der Waals surface area contributed by atoms with Crippen molar-refractivity contribution in [3.05, 3.63) is 23.8 Å². The van der Waals surface area contributed by atoms with Crippen LogP contribution in [0.4, 0.5) is 4.79 Å². The number of urea groups is 1. The summed E-state index contributed by atoms with van der Waals surface area (Å²) in [5.41, 5.74) is 0.876. The monoisotopic (exact) mass is 308 g/mol. The van der Waals surface area contributed by atoms with Gasteiger partial charge in [-0.2, -0.15) is 0 Å². The molecule has 124 valence electrons. The van der Waals surface area contributed by atoms with Crippen molar-refractivity contribution in [1.29, 1.82) is 0 Å². The summed E-state index contributed by atoms with van der Waals surface area (Å²) in [6.45, 7) is 7.51. The Balaban J connectivity index is 2.67. The van der Waals surface area contributed by atoms with Gasteiger partial charge in [-0.1, -0.05) is 33.3 Å². The quantitative estimate of drug-likeness (QED) is 0.726. The number of carbonyl (C=O) groups excluding carboxylic acids is 1. The number of benzene rings is 1. The molecular formula is C17H28N2O3. The van der Waals surface area contributed by atoms with Gasteiger partial charge < -0.3 is 20.1 Å². The molecule has 5 heteroatoms. The van der Waals surface area contributed by atoms with E-state index in [0.29, 0.717) is 24.6 Å². The van der Waals surface area contributed by atoms with Crippen molar-refractivity contribution in [2.75, 3.05) is 27.3 Å². The second kappa shape index (κ2) is 8.51. The molecule has 0 saturated heterocycles. The highest BCUT2D eigenvalue weighted by molar-refractivity contribution is 5.73. The van der Waals surface area contributed by atoms with Crippen molar-refractivity contribution < 1.29 is 14.3 Å². The molecule has 1 aromatic rings. The summed E-state index contributed by atoms with van der Waals surface area (Å²) < 4.78 is 10.6. The van der Waals surface area contributed by atoms with Gasteiger partial charge in [0, 0.05) is 18.5 Å². The Morgan fingerprint density at radius 2 is 1.82 bits per heavy atom. The van der Waals surface area contributed by atoms with Crippen molar-refractivity contribution in [2.45, 2.75) is 39.0 Å². The van der Waals surface area contributed by atoms with E-state index >= 15 is 0 Å². The number of hydrogen-bond acceptors (Lipinski definition) is 3. The Hall–Kier alpha value is -1.91. The molecule has 22 heavy (non-hydrogen) atoms. The molecule has 0 saturated carbocycles. The van der Waals surface area contributed by atoms with Crippen LogP contribution < -0.4 is 20.1 Å². The van der Waals surface area contributed by atoms with Gasteiger partial charge in [0.05, 0.1) is 14.2 Å². The Morgan fingerprint density at radius 1 is 1.14 bits per heavy atom. The number of unbranched alkanes of at least 4 members (excludes halogenated alkanes) is 1. The molecule has 0 heterocycles. The second-order valence-electron chi connectivity index (χ2n) is 5.92. The number of methoxy groups -OCH3 is 2. The smallest absolute Gasteiger partial charge is 0.314 e. The molecule has 0 aliphatic carbocycles. The van der Waals surface area contributed by atoms with Crippen LogP contribution in [0.5, 0.6) is 11.5 Å². The fraction of sp³-hybridized carbons (Fsp3) is 0.588. The topological polar surface area (TPSA) is 59.6 Å². The summed E-state index contributed by atoms with van der Waals surface area (Å²) in [6, 6.07) is 5.71. The van der Waals surface area contributed by atoms with Gasteiger partial charge in [0.15, 0.2) is 11.5 Å². The first kappa shape index (κ1) is 18.1. The lowest BCUT2D eigenvalue weighted by Gasteiger charge is -2.26. The van der Waals surface area contributed by atoms with Crippen molar-refractivity contribution in [1.82, 2.24) is 10.6 Å². The Labute approximate surface area is 133 Å². The molecule has 1 aromatic carbocycles. The molecule has 0 aromatic heterocycles. The average Bonchev–Trinajstić information content (AvgIpc) is 2.52. The third-order valence-corrected chi connectivity index (χ3v) is 3.67. The minimum Gasteiger partial charge on any atom is -0.493 e. The molecule has 0 aliphatic heterocycles. The van der Waals surface area contributed by atoms with Crippen LogP contribution in [-0.2, 0) is 5.41 Å². The van der Waals surface area contributed by atoms with E-state index in [1.54, 1.807) is 14.2 Å². The Bertz CT molecular complexity index is 487. The van der Waals surface area contributed by atoms with Gasteiger partial charge in [0.2, 0.25) is 0 Å². The number of nitrogens with one attached hydrogen (secondary N) is 2. The first-order valence-electron chi connectivity index (χ1n) is 7.68. The summed E-state index contributed by atoms with van der Waals surface area (Å²) in [4.78, 5) is 11.8. The van der Waals surface area contributed by atoms with Crippen molar-refractivity contribution in [2.24, 2.45) is 0 Å². The normalized spacial score (nSPS) is 11.0. The SMILES string of the molecule is CCCCNC(=O)NCC(C)(C)c1ccc(OC)c(OC)c1. The van der Waals surface area contributed by atoms with Gasteiger partial charge in [-0.25, -0.2) is 4.79 Å². The van der Waals surface area contributed by atoms with E-state index in [2.05, 4.69) is 31.4 Å². The predicted molar refractivity (Wildman–Crippen MR) is 88.9 cm³/mol. The molecule has 5 nitrogen and oxygen atoms in total. The van der Waals surface area contributed by atoms with E-state index in [0.717, 1.165) is 18.4 Å². The molecule has 0 fully saturated rings. The number of carbonyl (C=O) groups is 1. The van der Waals surface area contributed by atoms with Crippen molar-refractivity contribution in [3.8, 4) is 11.5 Å². The lowest BCUT2D eigenvalue weighted by atomic mass is 9.84. The van der Waals surface area contributed by atoms with Gasteiger partial charge in [-0.15, -0.1) is 0 Å². The maximum absolute atomic E-state index is 11.8. The van der Waals surface area contributed by atoms with Gasteiger partial charge in [0.25, 0.3) is 0 Å². The van der Waals surface area contributed by atoms with Gasteiger partial charge in [-0.3, -0.25) is 0 Å². The minimum atomic E-state index is -0.207. The van der Waals surface area contributed by atoms with E-state index in [1.807, 2.05) is 18.2 Å². The van der Waals surface area contributed by atoms with Gasteiger partial charge in [0.1, 0.15) is 0 Å². The van der Waals surface area contributed by atoms with Crippen LogP contribution in [0.1, 0.15) is 39.2 Å². The predicted octanol–water partition coefficient (Wildman–Crippen LogP) is 3.08. The molecule has 1 rings (SSSR count). The molecule has 0 atom stereocenters. The van der Waals surface area contributed by atoms with Gasteiger partial charge in [-0.05, 0) is 24.1 Å². The van der Waals surface area contributed by atoms with E-state index in [4.69, 9.17) is 9.47 Å². The zero-order chi connectivity index (χ0) is 16.6. The van der Waals surface area contributed by atoms with Crippen LogP contribution in [0.25, 0.3) is 0 Å². The van der Waals surface area contributed by atoms with Crippen LogP contribution >= 0.6 is 0 Å². The highest BCUT2D eigenvalue weighted by atomic mass is 16.5. The fourth-order valence-corrected chi connectivity index (χ4v) is 2.10. The fourth-order valence-electron chi connectivity index (χ4n) is 2.10. The van der Waals surface area contributed by atoms with E-state index < -0.39 is 0 Å². The molecule has 0 radical (unpaired) electrons. The first-order valence-corrected chi connectivity index (χ1v) is 7.68. The number of amides is 2.